The minimum Gasteiger partial charge on any atom is -0.381 e. The molecular weight excluding hydrogens is 210 g/mol. The number of ether oxygens (including phenoxy) is 1. The number of nitrogens with one attached hydrogen (secondary N) is 1. The zero-order valence-electron chi connectivity index (χ0n) is 10.5. The first-order valence-corrected chi connectivity index (χ1v) is 6.65. The summed E-state index contributed by atoms with van der Waals surface area (Å²) in [5.41, 5.74) is 1.85. The van der Waals surface area contributed by atoms with Gasteiger partial charge in [-0.25, -0.2) is 0 Å². The lowest BCUT2D eigenvalue weighted by molar-refractivity contribution is -0.161. The van der Waals surface area contributed by atoms with E-state index in [-0.39, 0.29) is 0 Å². The van der Waals surface area contributed by atoms with Crippen LogP contribution < -0.4 is 5.32 Å². The van der Waals surface area contributed by atoms with Crippen molar-refractivity contribution in [3.8, 4) is 0 Å². The molecule has 2 fully saturated rings. The molecule has 0 heterocycles. The quantitative estimate of drug-likeness (QED) is 0.860. The van der Waals surface area contributed by atoms with E-state index in [4.69, 9.17) is 4.74 Å². The lowest BCUT2D eigenvalue weighted by Gasteiger charge is -2.61. The van der Waals surface area contributed by atoms with Crippen LogP contribution >= 0.6 is 0 Å². The molecule has 2 unspecified atom stereocenters. The monoisotopic (exact) mass is 231 g/mol. The average Bonchev–Trinajstić information content (AvgIpc) is 2.27. The van der Waals surface area contributed by atoms with Crippen molar-refractivity contribution in [1.29, 1.82) is 0 Å². The molecule has 0 aliphatic heterocycles. The van der Waals surface area contributed by atoms with Gasteiger partial charge in [0.15, 0.2) is 0 Å². The highest BCUT2D eigenvalue weighted by Gasteiger charge is 2.58. The van der Waals surface area contributed by atoms with Gasteiger partial charge in [-0.05, 0) is 24.8 Å². The van der Waals surface area contributed by atoms with Crippen LogP contribution in [0.3, 0.4) is 0 Å². The molecule has 2 heteroatoms. The van der Waals surface area contributed by atoms with Gasteiger partial charge in [0.25, 0.3) is 0 Å². The van der Waals surface area contributed by atoms with E-state index in [1.807, 2.05) is 7.11 Å². The summed E-state index contributed by atoms with van der Waals surface area (Å²) >= 11 is 0. The van der Waals surface area contributed by atoms with E-state index >= 15 is 0 Å². The van der Waals surface area contributed by atoms with Crippen LogP contribution in [0.2, 0.25) is 0 Å². The summed E-state index contributed by atoms with van der Waals surface area (Å²) in [4.78, 5) is 0. The maximum absolute atomic E-state index is 5.59. The first kappa shape index (κ1) is 11.2. The zero-order valence-corrected chi connectivity index (χ0v) is 10.5. The molecule has 1 aromatic rings. The fraction of sp³-hybridized carbons (Fsp3) is 0.600. The number of hydrogen-bond acceptors (Lipinski definition) is 2. The van der Waals surface area contributed by atoms with Crippen LogP contribution in [-0.4, -0.2) is 19.3 Å². The Labute approximate surface area is 103 Å². The third kappa shape index (κ3) is 1.80. The summed E-state index contributed by atoms with van der Waals surface area (Å²) in [7, 11) is 1.86. The molecule has 17 heavy (non-hydrogen) atoms. The second-order valence-electron chi connectivity index (χ2n) is 5.47. The Hall–Kier alpha value is -0.860. The Kier molecular flexibility index (Phi) is 2.93. The molecule has 0 amide bonds. The van der Waals surface area contributed by atoms with E-state index in [9.17, 15) is 0 Å². The molecule has 2 aliphatic rings. The molecule has 1 N–H and O–H groups in total. The Morgan fingerprint density at radius 3 is 2.65 bits per heavy atom. The molecule has 1 spiro atoms. The highest BCUT2D eigenvalue weighted by molar-refractivity contribution is 5.16. The maximum Gasteiger partial charge on any atom is 0.0657 e. The van der Waals surface area contributed by atoms with Crippen LogP contribution in [-0.2, 0) is 11.3 Å². The van der Waals surface area contributed by atoms with Gasteiger partial charge in [0.2, 0.25) is 0 Å². The molecule has 3 rings (SSSR count). The molecule has 0 saturated heterocycles. The smallest absolute Gasteiger partial charge is 0.0657 e. The average molecular weight is 231 g/mol. The Balaban J connectivity index is 1.57. The Morgan fingerprint density at radius 2 is 2.06 bits per heavy atom. The lowest BCUT2D eigenvalue weighted by atomic mass is 9.51. The number of methoxy groups -OCH3 is 1. The molecular formula is C15H21NO. The van der Waals surface area contributed by atoms with E-state index in [1.54, 1.807) is 0 Å². The van der Waals surface area contributed by atoms with Gasteiger partial charge in [0, 0.05) is 25.1 Å². The van der Waals surface area contributed by atoms with Gasteiger partial charge < -0.3 is 10.1 Å². The molecule has 0 radical (unpaired) electrons. The van der Waals surface area contributed by atoms with E-state index < -0.39 is 0 Å². The third-order valence-electron chi connectivity index (χ3n) is 4.75. The second kappa shape index (κ2) is 4.43. The predicted molar refractivity (Wildman–Crippen MR) is 68.8 cm³/mol. The van der Waals surface area contributed by atoms with Crippen molar-refractivity contribution >= 4 is 0 Å². The maximum atomic E-state index is 5.59. The summed E-state index contributed by atoms with van der Waals surface area (Å²) in [6.45, 7) is 0.990. The van der Waals surface area contributed by atoms with Gasteiger partial charge in [-0.2, -0.15) is 0 Å². The van der Waals surface area contributed by atoms with Crippen molar-refractivity contribution in [2.75, 3.05) is 7.11 Å². The van der Waals surface area contributed by atoms with Crippen molar-refractivity contribution in [1.82, 2.24) is 5.32 Å². The van der Waals surface area contributed by atoms with Crippen LogP contribution in [0.5, 0.6) is 0 Å². The molecule has 2 atom stereocenters. The molecule has 0 aromatic heterocycles. The minimum atomic E-state index is 0.476. The largest absolute Gasteiger partial charge is 0.381 e. The highest BCUT2D eigenvalue weighted by atomic mass is 16.5. The first-order valence-electron chi connectivity index (χ1n) is 6.65. The Bertz CT molecular complexity index is 372. The third-order valence-corrected chi connectivity index (χ3v) is 4.75. The van der Waals surface area contributed by atoms with Crippen molar-refractivity contribution in [3.63, 3.8) is 0 Å². The number of rotatable bonds is 4. The summed E-state index contributed by atoms with van der Waals surface area (Å²) in [6.07, 6.45) is 5.76. The SMILES string of the molecule is COC1CC(NCc2ccccc2)C12CCC2. The van der Waals surface area contributed by atoms with Gasteiger partial charge in [-0.15, -0.1) is 0 Å². The first-order chi connectivity index (χ1) is 8.35. The number of benzene rings is 1. The van der Waals surface area contributed by atoms with Gasteiger partial charge >= 0.3 is 0 Å². The fourth-order valence-electron chi connectivity index (χ4n) is 3.46. The van der Waals surface area contributed by atoms with Crippen molar-refractivity contribution in [3.05, 3.63) is 35.9 Å². The number of hydrogen-bond donors (Lipinski definition) is 1. The second-order valence-corrected chi connectivity index (χ2v) is 5.47. The molecule has 1 aromatic carbocycles. The summed E-state index contributed by atoms with van der Waals surface area (Å²) in [5, 5.41) is 3.71. The van der Waals surface area contributed by atoms with Crippen molar-refractivity contribution in [2.45, 2.75) is 44.4 Å². The Morgan fingerprint density at radius 1 is 1.29 bits per heavy atom. The zero-order chi connectivity index (χ0) is 11.7. The predicted octanol–water partition coefficient (Wildman–Crippen LogP) is 2.73. The van der Waals surface area contributed by atoms with Gasteiger partial charge in [0.05, 0.1) is 6.10 Å². The van der Waals surface area contributed by atoms with Crippen LogP contribution in [0.1, 0.15) is 31.2 Å². The van der Waals surface area contributed by atoms with E-state index in [0.717, 1.165) is 6.54 Å². The van der Waals surface area contributed by atoms with E-state index in [2.05, 4.69) is 35.6 Å². The standard InChI is InChI=1S/C15H21NO/c1-17-14-10-13(15(14)8-5-9-15)16-11-12-6-3-2-4-7-12/h2-4,6-7,13-14,16H,5,8-11H2,1H3. The van der Waals surface area contributed by atoms with Gasteiger partial charge in [-0.3, -0.25) is 0 Å². The molecule has 2 aliphatic carbocycles. The van der Waals surface area contributed by atoms with Gasteiger partial charge in [0.1, 0.15) is 0 Å². The van der Waals surface area contributed by atoms with E-state index in [1.165, 1.54) is 31.2 Å². The lowest BCUT2D eigenvalue weighted by Crippen LogP contribution is -2.66. The highest BCUT2D eigenvalue weighted by Crippen LogP contribution is 2.57. The summed E-state index contributed by atoms with van der Waals surface area (Å²) in [5.74, 6) is 0. The van der Waals surface area contributed by atoms with Crippen LogP contribution in [0.15, 0.2) is 30.3 Å². The summed E-state index contributed by atoms with van der Waals surface area (Å²) in [6, 6.07) is 11.3. The van der Waals surface area contributed by atoms with E-state index in [0.29, 0.717) is 17.6 Å². The molecule has 2 saturated carbocycles. The topological polar surface area (TPSA) is 21.3 Å². The van der Waals surface area contributed by atoms with Crippen LogP contribution in [0, 0.1) is 5.41 Å². The molecule has 92 valence electrons. The van der Waals surface area contributed by atoms with Crippen molar-refractivity contribution < 1.29 is 4.74 Å². The normalized spacial score (nSPS) is 29.7. The minimum absolute atomic E-state index is 0.476. The van der Waals surface area contributed by atoms with Crippen LogP contribution in [0.4, 0.5) is 0 Å². The fourth-order valence-corrected chi connectivity index (χ4v) is 3.46. The molecule has 2 nitrogen and oxygen atoms in total. The van der Waals surface area contributed by atoms with Gasteiger partial charge in [-0.1, -0.05) is 36.8 Å². The van der Waals surface area contributed by atoms with Crippen molar-refractivity contribution in [2.24, 2.45) is 5.41 Å². The van der Waals surface area contributed by atoms with Crippen LogP contribution in [0.25, 0.3) is 0 Å². The molecule has 0 bridgehead atoms. The summed E-state index contributed by atoms with van der Waals surface area (Å²) < 4.78 is 5.59.